The van der Waals surface area contributed by atoms with Gasteiger partial charge in [0.15, 0.2) is 11.7 Å². The Bertz CT molecular complexity index is 1860. The van der Waals surface area contributed by atoms with E-state index in [1.165, 1.54) is 52.0 Å². The molecule has 0 bridgehead atoms. The van der Waals surface area contributed by atoms with E-state index in [9.17, 15) is 0 Å². The van der Waals surface area contributed by atoms with Crippen LogP contribution in [0, 0.1) is 0 Å². The molecule has 5 nitrogen and oxygen atoms in total. The smallest absolute Gasteiger partial charge is 0.258 e. The molecule has 0 aliphatic carbocycles. The third kappa shape index (κ3) is 5.26. The highest BCUT2D eigenvalue weighted by molar-refractivity contribution is 5.92. The van der Waals surface area contributed by atoms with Gasteiger partial charge in [0.2, 0.25) is 5.69 Å². The van der Waals surface area contributed by atoms with Gasteiger partial charge < -0.3 is 0 Å². The molecule has 5 heteroatoms. The maximum atomic E-state index is 5.22. The van der Waals surface area contributed by atoms with Gasteiger partial charge in [-0.2, -0.15) is 9.67 Å². The van der Waals surface area contributed by atoms with E-state index in [0.717, 1.165) is 49.9 Å². The molecule has 46 heavy (non-hydrogen) atoms. The Labute approximate surface area is 276 Å². The van der Waals surface area contributed by atoms with Crippen LogP contribution in [0.25, 0.3) is 33.5 Å². The SMILES string of the molecule is CCCCc1ccc2c3[n+](cnc2c1)C(CC)(CCCn1nc(C(C)(C)C)cc1-c1cccc[n+]1C)C(C)(CC)c1ccccc1-3. The van der Waals surface area contributed by atoms with Crippen molar-refractivity contribution in [2.75, 3.05) is 0 Å². The number of hydrogen-bond acceptors (Lipinski definition) is 2. The van der Waals surface area contributed by atoms with Gasteiger partial charge in [0.25, 0.3) is 6.33 Å². The Balaban J connectivity index is 1.45. The molecule has 3 aromatic heterocycles. The van der Waals surface area contributed by atoms with E-state index < -0.39 is 0 Å². The van der Waals surface area contributed by atoms with E-state index in [-0.39, 0.29) is 16.4 Å². The van der Waals surface area contributed by atoms with Gasteiger partial charge in [-0.3, -0.25) is 4.68 Å². The quantitative estimate of drug-likeness (QED) is 0.147. The van der Waals surface area contributed by atoms with Gasteiger partial charge in [-0.1, -0.05) is 85.2 Å². The number of pyridine rings is 1. The average Bonchev–Trinajstić information content (AvgIpc) is 3.49. The van der Waals surface area contributed by atoms with Crippen LogP contribution in [0.5, 0.6) is 0 Å². The van der Waals surface area contributed by atoms with Crippen molar-refractivity contribution in [1.29, 1.82) is 0 Å². The molecule has 0 saturated heterocycles. The molecule has 0 fully saturated rings. The summed E-state index contributed by atoms with van der Waals surface area (Å²) in [5.74, 6) is 0. The zero-order valence-electron chi connectivity index (χ0n) is 29.4. The first-order valence-corrected chi connectivity index (χ1v) is 17.5. The van der Waals surface area contributed by atoms with Crippen molar-refractivity contribution in [2.45, 2.75) is 116 Å². The van der Waals surface area contributed by atoms with Gasteiger partial charge in [0, 0.05) is 35.1 Å². The molecule has 240 valence electrons. The number of aryl methyl sites for hydroxylation is 3. The minimum Gasteiger partial charge on any atom is -0.258 e. The first kappa shape index (κ1) is 32.1. The van der Waals surface area contributed by atoms with Gasteiger partial charge in [0.1, 0.15) is 24.0 Å². The number of benzene rings is 2. The second kappa shape index (κ2) is 12.4. The monoisotopic (exact) mass is 615 g/mol. The van der Waals surface area contributed by atoms with Crippen molar-refractivity contribution in [3.05, 3.63) is 96.1 Å². The van der Waals surface area contributed by atoms with E-state index in [1.807, 2.05) is 0 Å². The number of nitrogens with zero attached hydrogens (tertiary/aromatic N) is 5. The van der Waals surface area contributed by atoms with Crippen LogP contribution in [0.2, 0.25) is 0 Å². The molecular weight excluding hydrogens is 562 g/mol. The largest absolute Gasteiger partial charge is 0.287 e. The first-order chi connectivity index (χ1) is 22.1. The minimum atomic E-state index is -0.134. The maximum Gasteiger partial charge on any atom is 0.287 e. The summed E-state index contributed by atoms with van der Waals surface area (Å²) >= 11 is 0. The zero-order chi connectivity index (χ0) is 32.7. The van der Waals surface area contributed by atoms with Gasteiger partial charge >= 0.3 is 0 Å². The number of unbranched alkanes of at least 4 members (excludes halogenated alkanes) is 1. The van der Waals surface area contributed by atoms with Crippen molar-refractivity contribution >= 4 is 10.9 Å². The second-order valence-corrected chi connectivity index (χ2v) is 14.7. The number of rotatable bonds is 10. The summed E-state index contributed by atoms with van der Waals surface area (Å²) < 4.78 is 7.06. The van der Waals surface area contributed by atoms with Crippen LogP contribution in [0.1, 0.15) is 104 Å². The topological polar surface area (TPSA) is 38.5 Å². The molecule has 4 heterocycles. The lowest BCUT2D eigenvalue weighted by atomic mass is 9.58. The summed E-state index contributed by atoms with van der Waals surface area (Å²) in [7, 11) is 2.12. The summed E-state index contributed by atoms with van der Waals surface area (Å²) in [5, 5.41) is 6.48. The van der Waals surface area contributed by atoms with Gasteiger partial charge in [0.05, 0.1) is 11.1 Å². The molecule has 0 N–H and O–H groups in total. The Morgan fingerprint density at radius 2 is 1.67 bits per heavy atom. The third-order valence-corrected chi connectivity index (χ3v) is 11.1. The molecule has 1 aliphatic heterocycles. The van der Waals surface area contributed by atoms with E-state index >= 15 is 0 Å². The minimum absolute atomic E-state index is 0.0240. The maximum absolute atomic E-state index is 5.22. The van der Waals surface area contributed by atoms with Crippen LogP contribution in [0.3, 0.4) is 0 Å². The molecule has 1 aliphatic rings. The molecule has 2 aromatic carbocycles. The fourth-order valence-corrected chi connectivity index (χ4v) is 8.14. The van der Waals surface area contributed by atoms with Crippen LogP contribution in [-0.2, 0) is 36.4 Å². The Morgan fingerprint density at radius 3 is 2.39 bits per heavy atom. The van der Waals surface area contributed by atoms with Gasteiger partial charge in [-0.15, -0.1) is 0 Å². The number of fused-ring (bicyclic) bond motifs is 5. The van der Waals surface area contributed by atoms with Crippen molar-refractivity contribution in [2.24, 2.45) is 7.05 Å². The predicted molar refractivity (Wildman–Crippen MR) is 189 cm³/mol. The molecule has 0 radical (unpaired) electrons. The molecule has 0 spiro atoms. The summed E-state index contributed by atoms with van der Waals surface area (Å²) in [5.41, 5.74) is 9.92. The van der Waals surface area contributed by atoms with Crippen LogP contribution in [0.15, 0.2) is 79.3 Å². The van der Waals surface area contributed by atoms with Crippen LogP contribution >= 0.6 is 0 Å². The second-order valence-electron chi connectivity index (χ2n) is 14.7. The lowest BCUT2D eigenvalue weighted by molar-refractivity contribution is -0.771. The Hall–Kier alpha value is -3.86. The molecular formula is C41H53N5+2. The normalized spacial score (nSPS) is 19.3. The van der Waals surface area contributed by atoms with Gasteiger partial charge in [-0.05, 0) is 78.9 Å². The molecule has 5 aromatic rings. The summed E-state index contributed by atoms with van der Waals surface area (Å²) in [4.78, 5) is 5.18. The van der Waals surface area contributed by atoms with E-state index in [0.29, 0.717) is 0 Å². The van der Waals surface area contributed by atoms with Crippen molar-refractivity contribution in [3.63, 3.8) is 0 Å². The Kier molecular flexibility index (Phi) is 8.65. The van der Waals surface area contributed by atoms with Crippen molar-refractivity contribution in [3.8, 4) is 22.6 Å². The molecule has 6 rings (SSSR count). The zero-order valence-corrected chi connectivity index (χ0v) is 29.4. The average molecular weight is 616 g/mol. The fourth-order valence-electron chi connectivity index (χ4n) is 8.14. The summed E-state index contributed by atoms with van der Waals surface area (Å²) in [6.45, 7) is 17.1. The standard InChI is InChI=1S/C41H53N5/c1-9-12-18-30-22-23-32-34(27-30)42-29-45-38(32)31-19-13-14-20-33(31)40(7,10-2)41(45,11-3)24-17-26-46-36(28-37(43-46)39(4,5)6)35-21-15-16-25-44(35)8/h13-16,19-23,25,27-29H,9-12,17-18,24,26H2,1-8H3/q+2. The highest BCUT2D eigenvalue weighted by Gasteiger charge is 2.56. The van der Waals surface area contributed by atoms with E-state index in [1.54, 1.807) is 0 Å². The summed E-state index contributed by atoms with van der Waals surface area (Å²) in [6, 6.07) is 24.9. The number of hydrogen-bond donors (Lipinski definition) is 0. The molecule has 2 atom stereocenters. The van der Waals surface area contributed by atoms with Crippen molar-refractivity contribution in [1.82, 2.24) is 14.8 Å². The predicted octanol–water partition coefficient (Wildman–Crippen LogP) is 8.78. The van der Waals surface area contributed by atoms with Crippen LogP contribution in [0.4, 0.5) is 0 Å². The molecule has 0 amide bonds. The fraction of sp³-hybridized carbons (Fsp3) is 0.463. The van der Waals surface area contributed by atoms with Crippen LogP contribution < -0.4 is 9.13 Å². The van der Waals surface area contributed by atoms with E-state index in [4.69, 9.17) is 10.1 Å². The van der Waals surface area contributed by atoms with Crippen molar-refractivity contribution < 1.29 is 9.13 Å². The first-order valence-electron chi connectivity index (χ1n) is 17.5. The Morgan fingerprint density at radius 1 is 0.891 bits per heavy atom. The van der Waals surface area contributed by atoms with Gasteiger partial charge in [-0.25, -0.2) is 4.57 Å². The van der Waals surface area contributed by atoms with Crippen LogP contribution in [-0.4, -0.2) is 14.8 Å². The molecule has 2 unspecified atom stereocenters. The highest BCUT2D eigenvalue weighted by Crippen LogP contribution is 2.52. The molecule has 0 saturated carbocycles. The summed E-state index contributed by atoms with van der Waals surface area (Å²) in [6.07, 6.45) is 11.9. The third-order valence-electron chi connectivity index (χ3n) is 11.1. The lowest BCUT2D eigenvalue weighted by Crippen LogP contribution is -2.69. The number of aromatic nitrogens is 5. The lowest BCUT2D eigenvalue weighted by Gasteiger charge is -2.51. The van der Waals surface area contributed by atoms with E-state index in [2.05, 4.69) is 149 Å². The highest BCUT2D eigenvalue weighted by atomic mass is 15.3.